The number of nitrogens with zero attached hydrogens (tertiary/aromatic N) is 3. The van der Waals surface area contributed by atoms with Crippen molar-refractivity contribution in [2.24, 2.45) is 5.92 Å². The third kappa shape index (κ3) is 4.57. The van der Waals surface area contributed by atoms with E-state index >= 15 is 0 Å². The molecule has 0 saturated carbocycles. The largest absolute Gasteiger partial charge is 0.497 e. The Morgan fingerprint density at radius 3 is 2.68 bits per heavy atom. The molecule has 0 bridgehead atoms. The van der Waals surface area contributed by atoms with Crippen molar-refractivity contribution < 1.29 is 9.53 Å². The fourth-order valence-electron chi connectivity index (χ4n) is 4.01. The molecule has 1 fully saturated rings. The fourth-order valence-corrected chi connectivity index (χ4v) is 4.13. The van der Waals surface area contributed by atoms with Crippen LogP contribution in [-0.2, 0) is 11.3 Å². The van der Waals surface area contributed by atoms with Crippen LogP contribution >= 0.6 is 11.6 Å². The lowest BCUT2D eigenvalue weighted by molar-refractivity contribution is -0.125. The molecule has 1 amide bonds. The Kier molecular flexibility index (Phi) is 6.24. The molecule has 0 radical (unpaired) electrons. The summed E-state index contributed by atoms with van der Waals surface area (Å²) in [7, 11) is 1.62. The first kappa shape index (κ1) is 21.0. The zero-order valence-electron chi connectivity index (χ0n) is 17.3. The van der Waals surface area contributed by atoms with Gasteiger partial charge in [0.15, 0.2) is 0 Å². The number of amides is 1. The smallest absolute Gasteiger partial charge is 0.223 e. The van der Waals surface area contributed by atoms with Gasteiger partial charge in [-0.3, -0.25) is 9.78 Å². The van der Waals surface area contributed by atoms with E-state index in [9.17, 15) is 10.1 Å². The van der Waals surface area contributed by atoms with Crippen molar-refractivity contribution in [2.45, 2.75) is 19.4 Å². The number of aromatic nitrogens is 1. The molecule has 0 spiro atoms. The zero-order valence-corrected chi connectivity index (χ0v) is 18.0. The number of methoxy groups -OCH3 is 1. The van der Waals surface area contributed by atoms with Crippen LogP contribution in [0.15, 0.2) is 48.7 Å². The Hall–Kier alpha value is -3.30. The number of carbonyl (C=O) groups is 1. The zero-order chi connectivity index (χ0) is 21.8. The number of nitriles is 1. The van der Waals surface area contributed by atoms with Gasteiger partial charge in [-0.25, -0.2) is 0 Å². The molecule has 1 aliphatic heterocycles. The van der Waals surface area contributed by atoms with Crippen molar-refractivity contribution in [1.29, 1.82) is 5.26 Å². The first-order valence-electron chi connectivity index (χ1n) is 10.2. The van der Waals surface area contributed by atoms with E-state index in [4.69, 9.17) is 16.3 Å². The van der Waals surface area contributed by atoms with Crippen molar-refractivity contribution in [3.8, 4) is 11.8 Å². The molecule has 3 aromatic rings. The second-order valence-electron chi connectivity index (χ2n) is 7.62. The van der Waals surface area contributed by atoms with E-state index in [1.807, 2.05) is 42.5 Å². The molecule has 0 atom stereocenters. The van der Waals surface area contributed by atoms with Gasteiger partial charge in [0.25, 0.3) is 0 Å². The maximum absolute atomic E-state index is 12.7. The molecule has 1 saturated heterocycles. The summed E-state index contributed by atoms with van der Waals surface area (Å²) < 4.78 is 5.37. The maximum Gasteiger partial charge on any atom is 0.223 e. The third-order valence-corrected chi connectivity index (χ3v) is 5.98. The van der Waals surface area contributed by atoms with Crippen LogP contribution in [0.25, 0.3) is 10.9 Å². The highest BCUT2D eigenvalue weighted by molar-refractivity contribution is 6.30. The molecule has 1 aromatic heterocycles. The SMILES string of the molecule is COc1ccc2ncc(C#N)c(N3CCC(C(=O)NCc4ccc(Cl)cc4)CC3)c2c1. The summed E-state index contributed by atoms with van der Waals surface area (Å²) in [5.74, 6) is 0.746. The number of hydrogen-bond acceptors (Lipinski definition) is 5. The summed E-state index contributed by atoms with van der Waals surface area (Å²) in [6.07, 6.45) is 3.07. The van der Waals surface area contributed by atoms with Gasteiger partial charge < -0.3 is 15.0 Å². The van der Waals surface area contributed by atoms with Crippen LogP contribution in [-0.4, -0.2) is 31.1 Å². The normalized spacial score (nSPS) is 14.3. The lowest BCUT2D eigenvalue weighted by Crippen LogP contribution is -2.40. The van der Waals surface area contributed by atoms with Crippen molar-refractivity contribution in [2.75, 3.05) is 25.1 Å². The highest BCUT2D eigenvalue weighted by Gasteiger charge is 2.27. The van der Waals surface area contributed by atoms with Crippen molar-refractivity contribution in [3.63, 3.8) is 0 Å². The first-order chi connectivity index (χ1) is 15.1. The van der Waals surface area contributed by atoms with Crippen molar-refractivity contribution in [3.05, 3.63) is 64.8 Å². The molecule has 158 valence electrons. The van der Waals surface area contributed by atoms with E-state index in [-0.39, 0.29) is 11.8 Å². The standard InChI is InChI=1S/C24H23ClN4O2/c1-31-20-6-7-22-21(12-20)23(18(13-26)15-27-22)29-10-8-17(9-11-29)24(30)28-14-16-2-4-19(25)5-3-16/h2-7,12,15,17H,8-11,14H2,1H3,(H,28,30). The molecule has 2 heterocycles. The molecule has 0 aliphatic carbocycles. The Morgan fingerprint density at radius 2 is 2.00 bits per heavy atom. The van der Waals surface area contributed by atoms with Crippen LogP contribution in [0.3, 0.4) is 0 Å². The molecule has 2 aromatic carbocycles. The second-order valence-corrected chi connectivity index (χ2v) is 8.06. The van der Waals surface area contributed by atoms with Gasteiger partial charge >= 0.3 is 0 Å². The van der Waals surface area contributed by atoms with Gasteiger partial charge in [0, 0.05) is 42.2 Å². The first-order valence-corrected chi connectivity index (χ1v) is 10.6. The quantitative estimate of drug-likeness (QED) is 0.647. The van der Waals surface area contributed by atoms with Crippen LogP contribution in [0.5, 0.6) is 5.75 Å². The lowest BCUT2D eigenvalue weighted by atomic mass is 9.94. The topological polar surface area (TPSA) is 78.2 Å². The average Bonchev–Trinajstić information content (AvgIpc) is 2.82. The van der Waals surface area contributed by atoms with E-state index < -0.39 is 0 Å². The van der Waals surface area contributed by atoms with Crippen molar-refractivity contribution in [1.82, 2.24) is 10.3 Å². The molecule has 7 heteroatoms. The number of nitrogens with one attached hydrogen (secondary N) is 1. The number of piperidine rings is 1. The average molecular weight is 435 g/mol. The number of anilines is 1. The summed E-state index contributed by atoms with van der Waals surface area (Å²) in [5.41, 5.74) is 3.24. The summed E-state index contributed by atoms with van der Waals surface area (Å²) in [5, 5.41) is 14.3. The summed E-state index contributed by atoms with van der Waals surface area (Å²) in [4.78, 5) is 19.3. The summed E-state index contributed by atoms with van der Waals surface area (Å²) in [6.45, 7) is 1.89. The molecule has 0 unspecified atom stereocenters. The van der Waals surface area contributed by atoms with Gasteiger partial charge in [0.1, 0.15) is 11.8 Å². The minimum Gasteiger partial charge on any atom is -0.497 e. The Morgan fingerprint density at radius 1 is 1.26 bits per heavy atom. The molecule has 1 aliphatic rings. The summed E-state index contributed by atoms with van der Waals surface area (Å²) >= 11 is 5.91. The predicted octanol–water partition coefficient (Wildman–Crippen LogP) is 4.30. The minimum atomic E-state index is -0.0447. The van der Waals surface area contributed by atoms with Gasteiger partial charge in [-0.15, -0.1) is 0 Å². The van der Waals surface area contributed by atoms with Gasteiger partial charge in [0.05, 0.1) is 23.9 Å². The van der Waals surface area contributed by atoms with E-state index in [1.54, 1.807) is 13.3 Å². The summed E-state index contributed by atoms with van der Waals surface area (Å²) in [6, 6.07) is 15.4. The van der Waals surface area contributed by atoms with Gasteiger partial charge in [-0.1, -0.05) is 23.7 Å². The van der Waals surface area contributed by atoms with E-state index in [0.29, 0.717) is 30.2 Å². The van der Waals surface area contributed by atoms with Gasteiger partial charge in [-0.05, 0) is 48.7 Å². The Balaban J connectivity index is 1.46. The van der Waals surface area contributed by atoms with Crippen LogP contribution in [0.1, 0.15) is 24.0 Å². The Labute approximate surface area is 186 Å². The van der Waals surface area contributed by atoms with Crippen molar-refractivity contribution >= 4 is 34.1 Å². The van der Waals surface area contributed by atoms with Gasteiger partial charge in [0.2, 0.25) is 5.91 Å². The van der Waals surface area contributed by atoms with Crippen LogP contribution in [0.4, 0.5) is 5.69 Å². The number of halogens is 1. The van der Waals surface area contributed by atoms with Gasteiger partial charge in [-0.2, -0.15) is 5.26 Å². The van der Waals surface area contributed by atoms with Crippen LogP contribution in [0, 0.1) is 17.2 Å². The van der Waals surface area contributed by atoms with Crippen LogP contribution in [0.2, 0.25) is 5.02 Å². The van der Waals surface area contributed by atoms with Crippen LogP contribution < -0.4 is 15.0 Å². The number of hydrogen-bond donors (Lipinski definition) is 1. The third-order valence-electron chi connectivity index (χ3n) is 5.73. The second kappa shape index (κ2) is 9.23. The molecular weight excluding hydrogens is 412 g/mol. The molecule has 6 nitrogen and oxygen atoms in total. The van der Waals surface area contributed by atoms with E-state index in [0.717, 1.165) is 40.7 Å². The number of fused-ring (bicyclic) bond motifs is 1. The molecule has 1 N–H and O–H groups in total. The number of pyridine rings is 1. The number of rotatable bonds is 5. The van der Waals surface area contributed by atoms with E-state index in [1.165, 1.54) is 0 Å². The molecule has 4 rings (SSSR count). The maximum atomic E-state index is 12.7. The number of benzene rings is 2. The highest BCUT2D eigenvalue weighted by atomic mass is 35.5. The Bertz CT molecular complexity index is 1130. The molecule has 31 heavy (non-hydrogen) atoms. The highest BCUT2D eigenvalue weighted by Crippen LogP contribution is 2.34. The predicted molar refractivity (Wildman–Crippen MR) is 121 cm³/mol. The lowest BCUT2D eigenvalue weighted by Gasteiger charge is -2.34. The fraction of sp³-hybridized carbons (Fsp3) is 0.292. The van der Waals surface area contributed by atoms with E-state index in [2.05, 4.69) is 21.3 Å². The monoisotopic (exact) mass is 434 g/mol. The molecular formula is C24H23ClN4O2. The number of ether oxygens (including phenoxy) is 1. The number of carbonyl (C=O) groups excluding carboxylic acids is 1. The minimum absolute atomic E-state index is 0.0447.